The highest BCUT2D eigenvalue weighted by Crippen LogP contribution is 2.32. The normalized spacial score (nSPS) is 23.2. The Labute approximate surface area is 142 Å². The van der Waals surface area contributed by atoms with Crippen LogP contribution in [0.4, 0.5) is 13.2 Å². The van der Waals surface area contributed by atoms with E-state index >= 15 is 0 Å². The Hall–Kier alpha value is -2.35. The molecule has 0 spiro atoms. The zero-order chi connectivity index (χ0) is 18.6. The van der Waals surface area contributed by atoms with Gasteiger partial charge in [0.2, 0.25) is 0 Å². The molecule has 0 unspecified atom stereocenters. The summed E-state index contributed by atoms with van der Waals surface area (Å²) in [6.45, 7) is 2.32. The topological polar surface area (TPSA) is 61.8 Å². The minimum absolute atomic E-state index is 0.144. The number of hydrogen-bond donors (Lipinski definition) is 0. The average molecular weight is 358 g/mol. The van der Waals surface area contributed by atoms with Crippen LogP contribution in [0, 0.1) is 0 Å². The molecule has 0 saturated carbocycles. The number of ether oxygens (including phenoxy) is 3. The van der Waals surface area contributed by atoms with Crippen molar-refractivity contribution in [1.29, 1.82) is 0 Å². The summed E-state index contributed by atoms with van der Waals surface area (Å²) in [6.07, 6.45) is -3.41. The van der Waals surface area contributed by atoms with E-state index < -0.39 is 42.0 Å². The van der Waals surface area contributed by atoms with E-state index in [1.165, 1.54) is 26.0 Å². The Kier molecular flexibility index (Phi) is 5.84. The number of hydrogen-bond acceptors (Lipinski definition) is 5. The molecule has 8 heteroatoms. The van der Waals surface area contributed by atoms with Gasteiger partial charge in [-0.3, -0.25) is 9.59 Å². The summed E-state index contributed by atoms with van der Waals surface area (Å²) >= 11 is 0. The van der Waals surface area contributed by atoms with Gasteiger partial charge in [-0.15, -0.1) is 0 Å². The summed E-state index contributed by atoms with van der Waals surface area (Å²) in [5, 5.41) is 0. The molecule has 1 aliphatic heterocycles. The molecule has 136 valence electrons. The maximum absolute atomic E-state index is 12.6. The molecule has 0 fully saturated rings. The van der Waals surface area contributed by atoms with E-state index in [9.17, 15) is 22.8 Å². The number of benzene rings is 1. The van der Waals surface area contributed by atoms with Crippen molar-refractivity contribution in [2.75, 3.05) is 6.61 Å². The van der Waals surface area contributed by atoms with E-state index in [2.05, 4.69) is 0 Å². The molecule has 0 aromatic heterocycles. The summed E-state index contributed by atoms with van der Waals surface area (Å²) in [7, 11) is 0. The molecule has 1 aromatic carbocycles. The van der Waals surface area contributed by atoms with Crippen molar-refractivity contribution in [2.24, 2.45) is 0 Å². The molecule has 1 heterocycles. The van der Waals surface area contributed by atoms with E-state index in [1.54, 1.807) is 12.2 Å². The van der Waals surface area contributed by atoms with Crippen molar-refractivity contribution in [2.45, 2.75) is 38.3 Å². The van der Waals surface area contributed by atoms with E-state index in [1.807, 2.05) is 0 Å². The molecule has 0 aliphatic carbocycles. The predicted molar refractivity (Wildman–Crippen MR) is 80.4 cm³/mol. The summed E-state index contributed by atoms with van der Waals surface area (Å²) in [6, 6.07) is 4.55. The fourth-order valence-corrected chi connectivity index (χ4v) is 2.34. The third kappa shape index (κ3) is 5.32. The lowest BCUT2D eigenvalue weighted by molar-refractivity contribution is -0.163. The molecule has 2 rings (SSSR count). The Balaban J connectivity index is 2.16. The molecule has 0 radical (unpaired) electrons. The van der Waals surface area contributed by atoms with Gasteiger partial charge in [0.1, 0.15) is 24.9 Å². The molecular formula is C17H17F3O5. The second-order valence-corrected chi connectivity index (χ2v) is 5.48. The molecule has 0 amide bonds. The van der Waals surface area contributed by atoms with Gasteiger partial charge in [-0.05, 0) is 23.8 Å². The molecule has 1 aliphatic rings. The fraction of sp³-hybridized carbons (Fsp3) is 0.412. The third-order valence-electron chi connectivity index (χ3n) is 3.48. The van der Waals surface area contributed by atoms with Crippen molar-refractivity contribution in [3.05, 3.63) is 47.5 Å². The summed E-state index contributed by atoms with van der Waals surface area (Å²) in [5.74, 6) is -1.05. The number of alkyl halides is 3. The van der Waals surface area contributed by atoms with Crippen molar-refractivity contribution in [3.63, 3.8) is 0 Å². The first-order valence-corrected chi connectivity index (χ1v) is 7.48. The summed E-state index contributed by atoms with van der Waals surface area (Å²) < 4.78 is 53.6. The van der Waals surface area contributed by atoms with Gasteiger partial charge in [0, 0.05) is 13.8 Å². The standard InChI is InChI=1S/C17H17F3O5/c1-10(21)23-9-16-15(24-11(2)22)8-7-14(25-16)12-3-5-13(6-4-12)17(18,19)20/h3-8,14-16H,9H2,1-2H3/t14-,15+,16+/m0/s1. The number of halogens is 3. The van der Waals surface area contributed by atoms with Gasteiger partial charge >= 0.3 is 18.1 Å². The van der Waals surface area contributed by atoms with Gasteiger partial charge in [-0.1, -0.05) is 18.2 Å². The third-order valence-corrected chi connectivity index (χ3v) is 3.48. The van der Waals surface area contributed by atoms with Crippen molar-refractivity contribution in [1.82, 2.24) is 0 Å². The molecule has 0 N–H and O–H groups in total. The lowest BCUT2D eigenvalue weighted by Crippen LogP contribution is -2.39. The number of carbonyl (C=O) groups excluding carboxylic acids is 2. The molecule has 0 bridgehead atoms. The molecule has 25 heavy (non-hydrogen) atoms. The van der Waals surface area contributed by atoms with Crippen LogP contribution in [0.5, 0.6) is 0 Å². The molecular weight excluding hydrogens is 341 g/mol. The van der Waals surface area contributed by atoms with Gasteiger partial charge in [-0.2, -0.15) is 13.2 Å². The van der Waals surface area contributed by atoms with Gasteiger partial charge in [0.15, 0.2) is 0 Å². The van der Waals surface area contributed by atoms with Gasteiger partial charge < -0.3 is 14.2 Å². The quantitative estimate of drug-likeness (QED) is 0.611. The fourth-order valence-electron chi connectivity index (χ4n) is 2.34. The Morgan fingerprint density at radius 2 is 1.72 bits per heavy atom. The van der Waals surface area contributed by atoms with Crippen LogP contribution >= 0.6 is 0 Å². The average Bonchev–Trinajstić information content (AvgIpc) is 2.52. The van der Waals surface area contributed by atoms with Crippen LogP contribution in [0.25, 0.3) is 0 Å². The monoisotopic (exact) mass is 358 g/mol. The molecule has 5 nitrogen and oxygen atoms in total. The van der Waals surface area contributed by atoms with E-state index in [-0.39, 0.29) is 6.61 Å². The molecule has 1 aromatic rings. The van der Waals surface area contributed by atoms with E-state index in [0.29, 0.717) is 5.56 Å². The predicted octanol–water partition coefficient (Wildman–Crippen LogP) is 3.20. The van der Waals surface area contributed by atoms with Crippen LogP contribution in [0.15, 0.2) is 36.4 Å². The van der Waals surface area contributed by atoms with Crippen LogP contribution < -0.4 is 0 Å². The SMILES string of the molecule is CC(=O)OC[C@H]1O[C@H](c2ccc(C(F)(F)F)cc2)C=C[C@H]1OC(C)=O. The second kappa shape index (κ2) is 7.69. The van der Waals surface area contributed by atoms with Crippen LogP contribution in [0.3, 0.4) is 0 Å². The minimum Gasteiger partial charge on any atom is -0.463 e. The lowest BCUT2D eigenvalue weighted by Gasteiger charge is -2.31. The minimum atomic E-state index is -4.42. The van der Waals surface area contributed by atoms with Gasteiger partial charge in [0.25, 0.3) is 0 Å². The van der Waals surface area contributed by atoms with Crippen LogP contribution in [-0.4, -0.2) is 30.8 Å². The lowest BCUT2D eigenvalue weighted by atomic mass is 10.0. The smallest absolute Gasteiger partial charge is 0.416 e. The number of carbonyl (C=O) groups is 2. The molecule has 0 saturated heterocycles. The van der Waals surface area contributed by atoms with Crippen LogP contribution in [0.1, 0.15) is 31.1 Å². The first-order valence-electron chi connectivity index (χ1n) is 7.48. The maximum atomic E-state index is 12.6. The number of esters is 2. The Bertz CT molecular complexity index is 651. The van der Waals surface area contributed by atoms with Crippen molar-refractivity contribution < 1.29 is 37.0 Å². The van der Waals surface area contributed by atoms with Crippen LogP contribution in [-0.2, 0) is 30.0 Å². The summed E-state index contributed by atoms with van der Waals surface area (Å²) in [5.41, 5.74) is -0.261. The summed E-state index contributed by atoms with van der Waals surface area (Å²) in [4.78, 5) is 22.1. The molecule has 3 atom stereocenters. The van der Waals surface area contributed by atoms with Crippen molar-refractivity contribution in [3.8, 4) is 0 Å². The van der Waals surface area contributed by atoms with Crippen molar-refractivity contribution >= 4 is 11.9 Å². The second-order valence-electron chi connectivity index (χ2n) is 5.48. The highest BCUT2D eigenvalue weighted by molar-refractivity contribution is 5.66. The first-order chi connectivity index (χ1) is 11.7. The highest BCUT2D eigenvalue weighted by atomic mass is 19.4. The first kappa shape index (κ1) is 19.0. The van der Waals surface area contributed by atoms with Gasteiger partial charge in [0.05, 0.1) is 5.56 Å². The highest BCUT2D eigenvalue weighted by Gasteiger charge is 2.33. The Morgan fingerprint density at radius 1 is 1.08 bits per heavy atom. The van der Waals surface area contributed by atoms with E-state index in [4.69, 9.17) is 14.2 Å². The maximum Gasteiger partial charge on any atom is 0.416 e. The van der Waals surface area contributed by atoms with Crippen LogP contribution in [0.2, 0.25) is 0 Å². The number of rotatable bonds is 4. The Morgan fingerprint density at radius 3 is 2.24 bits per heavy atom. The zero-order valence-electron chi connectivity index (χ0n) is 13.6. The zero-order valence-corrected chi connectivity index (χ0v) is 13.6. The van der Waals surface area contributed by atoms with Gasteiger partial charge in [-0.25, -0.2) is 0 Å². The largest absolute Gasteiger partial charge is 0.463 e. The van der Waals surface area contributed by atoms with E-state index in [0.717, 1.165) is 12.1 Å².